The Bertz CT molecular complexity index is 340. The van der Waals surface area contributed by atoms with Gasteiger partial charge < -0.3 is 0 Å². The predicted octanol–water partition coefficient (Wildman–Crippen LogP) is 3.58. The molecule has 0 heterocycles. The lowest BCUT2D eigenvalue weighted by atomic mass is 9.72. The van der Waals surface area contributed by atoms with Crippen LogP contribution in [0.25, 0.3) is 0 Å². The molecule has 0 N–H and O–H groups in total. The second-order valence-electron chi connectivity index (χ2n) is 4.49. The molecule has 0 bridgehead atoms. The lowest BCUT2D eigenvalue weighted by Gasteiger charge is -2.32. The highest BCUT2D eigenvalue weighted by atomic mass is 14.4. The number of nitriles is 4. The van der Waals surface area contributed by atoms with Crippen molar-refractivity contribution in [2.75, 3.05) is 0 Å². The summed E-state index contributed by atoms with van der Waals surface area (Å²) in [6.07, 6.45) is 5.60. The number of rotatable bonds is 9. The van der Waals surface area contributed by atoms with Crippen molar-refractivity contribution in [2.24, 2.45) is 5.41 Å². The van der Waals surface area contributed by atoms with E-state index >= 15 is 0 Å². The minimum Gasteiger partial charge on any atom is -0.198 e. The average Bonchev–Trinajstić information content (AvgIpc) is 2.40. The van der Waals surface area contributed by atoms with E-state index in [1.54, 1.807) is 0 Å². The van der Waals surface area contributed by atoms with Crippen LogP contribution in [0.1, 0.15) is 57.8 Å². The smallest absolute Gasteiger partial charge is 0.0621 e. The summed E-state index contributed by atoms with van der Waals surface area (Å²) in [5.41, 5.74) is -0.113. The number of nitrogens with zero attached hydrogens (tertiary/aromatic N) is 4. The van der Waals surface area contributed by atoms with Crippen molar-refractivity contribution < 1.29 is 0 Å². The van der Waals surface area contributed by atoms with E-state index in [4.69, 9.17) is 21.0 Å². The Morgan fingerprint density at radius 2 is 0.944 bits per heavy atom. The largest absolute Gasteiger partial charge is 0.198 e. The molecule has 0 fully saturated rings. The van der Waals surface area contributed by atoms with Gasteiger partial charge in [0, 0.05) is 25.7 Å². The molecule has 0 aromatic rings. The lowest BCUT2D eigenvalue weighted by molar-refractivity contribution is 0.202. The fourth-order valence-corrected chi connectivity index (χ4v) is 2.26. The van der Waals surface area contributed by atoms with Gasteiger partial charge in [0.25, 0.3) is 0 Å². The molecule has 0 amide bonds. The van der Waals surface area contributed by atoms with E-state index in [1.807, 2.05) is 0 Å². The van der Waals surface area contributed by atoms with Gasteiger partial charge in [-0.05, 0) is 37.5 Å². The molecule has 94 valence electrons. The fraction of sp³-hybridized carbons (Fsp3) is 0.714. The van der Waals surface area contributed by atoms with Gasteiger partial charge in [-0.2, -0.15) is 21.0 Å². The van der Waals surface area contributed by atoms with Crippen LogP contribution in [0.3, 0.4) is 0 Å². The summed E-state index contributed by atoms with van der Waals surface area (Å²) in [6, 6.07) is 8.52. The maximum absolute atomic E-state index is 8.72. The van der Waals surface area contributed by atoms with Gasteiger partial charge in [-0.25, -0.2) is 0 Å². The van der Waals surface area contributed by atoms with E-state index in [2.05, 4.69) is 24.3 Å². The van der Waals surface area contributed by atoms with Crippen molar-refractivity contribution in [3.63, 3.8) is 0 Å². The summed E-state index contributed by atoms with van der Waals surface area (Å²) in [4.78, 5) is 0. The van der Waals surface area contributed by atoms with Crippen LogP contribution < -0.4 is 0 Å². The van der Waals surface area contributed by atoms with E-state index in [1.165, 1.54) is 0 Å². The van der Waals surface area contributed by atoms with Gasteiger partial charge in [-0.15, -0.1) is 0 Å². The van der Waals surface area contributed by atoms with E-state index in [-0.39, 0.29) is 5.41 Å². The summed E-state index contributed by atoms with van der Waals surface area (Å²) < 4.78 is 0. The predicted molar refractivity (Wildman–Crippen MR) is 66.4 cm³/mol. The highest BCUT2D eigenvalue weighted by Gasteiger charge is 2.28. The van der Waals surface area contributed by atoms with Gasteiger partial charge in [0.15, 0.2) is 0 Å². The maximum atomic E-state index is 8.72. The number of unbranched alkanes of at least 4 members (excludes halogenated alkanes) is 1. The molecule has 4 heteroatoms. The lowest BCUT2D eigenvalue weighted by Crippen LogP contribution is -2.21. The molecule has 0 aromatic heterocycles. The monoisotopic (exact) mass is 242 g/mol. The van der Waals surface area contributed by atoms with E-state index in [9.17, 15) is 0 Å². The summed E-state index contributed by atoms with van der Waals surface area (Å²) in [5.74, 6) is 0. The molecule has 0 aliphatic carbocycles. The normalized spacial score (nSPS) is 9.78. The molecular weight excluding hydrogens is 224 g/mol. The van der Waals surface area contributed by atoms with Crippen LogP contribution in [0.15, 0.2) is 0 Å². The second kappa shape index (κ2) is 10.1. The Morgan fingerprint density at radius 1 is 0.556 bits per heavy atom. The minimum atomic E-state index is -0.113. The molecule has 0 saturated carbocycles. The SMILES string of the molecule is N#CCCCC(CCC#N)(CCC#N)CCC#N. The minimum absolute atomic E-state index is 0.113. The van der Waals surface area contributed by atoms with Crippen molar-refractivity contribution >= 4 is 0 Å². The summed E-state index contributed by atoms with van der Waals surface area (Å²) >= 11 is 0. The van der Waals surface area contributed by atoms with E-state index in [0.29, 0.717) is 25.7 Å². The first kappa shape index (κ1) is 16.0. The average molecular weight is 242 g/mol. The highest BCUT2D eigenvalue weighted by Crippen LogP contribution is 2.39. The Kier molecular flexibility index (Phi) is 8.99. The third-order valence-corrected chi connectivity index (χ3v) is 3.30. The van der Waals surface area contributed by atoms with Gasteiger partial charge in [-0.1, -0.05) is 0 Å². The van der Waals surface area contributed by atoms with E-state index < -0.39 is 0 Å². The van der Waals surface area contributed by atoms with Crippen LogP contribution in [0, 0.1) is 50.7 Å². The molecule has 0 aliphatic heterocycles. The summed E-state index contributed by atoms with van der Waals surface area (Å²) in [6.45, 7) is 0. The molecule has 0 radical (unpaired) electrons. The second-order valence-corrected chi connectivity index (χ2v) is 4.49. The standard InChI is InChI=1S/C14H18N4/c15-10-2-1-6-14(7-3-11-16,8-4-12-17)9-5-13-18/h1-9H2. The quantitative estimate of drug-likeness (QED) is 0.577. The van der Waals surface area contributed by atoms with Gasteiger partial charge in [0.1, 0.15) is 0 Å². The zero-order valence-electron chi connectivity index (χ0n) is 10.7. The van der Waals surface area contributed by atoms with Crippen molar-refractivity contribution in [1.82, 2.24) is 0 Å². The van der Waals surface area contributed by atoms with Crippen molar-refractivity contribution in [3.05, 3.63) is 0 Å². The van der Waals surface area contributed by atoms with Crippen LogP contribution in [0.2, 0.25) is 0 Å². The van der Waals surface area contributed by atoms with E-state index in [0.717, 1.165) is 32.1 Å². The zero-order chi connectivity index (χ0) is 13.7. The van der Waals surface area contributed by atoms with Gasteiger partial charge in [0.2, 0.25) is 0 Å². The first-order chi connectivity index (χ1) is 8.74. The molecule has 0 saturated heterocycles. The highest BCUT2D eigenvalue weighted by molar-refractivity contribution is 4.90. The first-order valence-corrected chi connectivity index (χ1v) is 6.22. The van der Waals surface area contributed by atoms with Crippen LogP contribution in [-0.4, -0.2) is 0 Å². The maximum Gasteiger partial charge on any atom is 0.0621 e. The molecule has 0 atom stereocenters. The molecule has 0 rings (SSSR count). The van der Waals surface area contributed by atoms with Gasteiger partial charge in [-0.3, -0.25) is 0 Å². The topological polar surface area (TPSA) is 95.2 Å². The van der Waals surface area contributed by atoms with Crippen LogP contribution in [0.4, 0.5) is 0 Å². The number of hydrogen-bond acceptors (Lipinski definition) is 4. The van der Waals surface area contributed by atoms with Gasteiger partial charge >= 0.3 is 0 Å². The van der Waals surface area contributed by atoms with Crippen molar-refractivity contribution in [3.8, 4) is 24.3 Å². The Morgan fingerprint density at radius 3 is 1.28 bits per heavy atom. The zero-order valence-corrected chi connectivity index (χ0v) is 10.7. The molecule has 0 aliphatic rings. The number of hydrogen-bond donors (Lipinski definition) is 0. The van der Waals surface area contributed by atoms with Crippen LogP contribution in [0.5, 0.6) is 0 Å². The van der Waals surface area contributed by atoms with Gasteiger partial charge in [0.05, 0.1) is 24.3 Å². The molecule has 4 nitrogen and oxygen atoms in total. The van der Waals surface area contributed by atoms with Crippen molar-refractivity contribution in [1.29, 1.82) is 21.0 Å². The molecule has 0 unspecified atom stereocenters. The van der Waals surface area contributed by atoms with Crippen LogP contribution in [-0.2, 0) is 0 Å². The third kappa shape index (κ3) is 6.52. The van der Waals surface area contributed by atoms with Crippen molar-refractivity contribution in [2.45, 2.75) is 57.8 Å². The molecule has 0 aromatic carbocycles. The van der Waals surface area contributed by atoms with Crippen LogP contribution >= 0.6 is 0 Å². The Hall–Kier alpha value is -2.04. The molecule has 18 heavy (non-hydrogen) atoms. The Labute approximate surface area is 109 Å². The Balaban J connectivity index is 4.65. The third-order valence-electron chi connectivity index (χ3n) is 3.30. The molecule has 0 spiro atoms. The molecular formula is C14H18N4. The summed E-state index contributed by atoms with van der Waals surface area (Å²) in [5, 5.41) is 34.7. The first-order valence-electron chi connectivity index (χ1n) is 6.22. The summed E-state index contributed by atoms with van der Waals surface area (Å²) in [7, 11) is 0. The fourth-order valence-electron chi connectivity index (χ4n) is 2.26.